The number of rotatable bonds is 4. The van der Waals surface area contributed by atoms with Crippen LogP contribution in [0.15, 0.2) is 67.3 Å². The zero-order chi connectivity index (χ0) is 16.4. The fourth-order valence-corrected chi connectivity index (χ4v) is 2.80. The van der Waals surface area contributed by atoms with Gasteiger partial charge in [-0.05, 0) is 35.9 Å². The SMILES string of the molecule is COc1ncc(Nc2ccncc2)cc1-c1cccc2[nH]ccc12. The van der Waals surface area contributed by atoms with Crippen molar-refractivity contribution in [2.24, 2.45) is 0 Å². The third-order valence-electron chi connectivity index (χ3n) is 3.90. The third-order valence-corrected chi connectivity index (χ3v) is 3.90. The fraction of sp³-hybridized carbons (Fsp3) is 0.0526. The molecule has 118 valence electrons. The number of fused-ring (bicyclic) bond motifs is 1. The summed E-state index contributed by atoms with van der Waals surface area (Å²) < 4.78 is 5.47. The Morgan fingerprint density at radius 2 is 1.88 bits per heavy atom. The van der Waals surface area contributed by atoms with E-state index >= 15 is 0 Å². The molecule has 0 bridgehead atoms. The van der Waals surface area contributed by atoms with Crippen molar-refractivity contribution >= 4 is 22.3 Å². The minimum absolute atomic E-state index is 0.601. The van der Waals surface area contributed by atoms with Gasteiger partial charge in [0.2, 0.25) is 5.88 Å². The van der Waals surface area contributed by atoms with E-state index in [1.807, 2.05) is 30.5 Å². The van der Waals surface area contributed by atoms with Gasteiger partial charge in [0.25, 0.3) is 0 Å². The van der Waals surface area contributed by atoms with Crippen LogP contribution in [0.3, 0.4) is 0 Å². The molecule has 0 amide bonds. The summed E-state index contributed by atoms with van der Waals surface area (Å²) in [6.07, 6.45) is 7.20. The Labute approximate surface area is 139 Å². The first-order chi connectivity index (χ1) is 11.8. The number of hydrogen-bond acceptors (Lipinski definition) is 4. The second kappa shape index (κ2) is 6.04. The Balaban J connectivity index is 1.82. The molecule has 0 unspecified atom stereocenters. The summed E-state index contributed by atoms with van der Waals surface area (Å²) >= 11 is 0. The van der Waals surface area contributed by atoms with Gasteiger partial charge in [0.15, 0.2) is 0 Å². The van der Waals surface area contributed by atoms with Gasteiger partial charge in [-0.25, -0.2) is 4.98 Å². The second-order valence-corrected chi connectivity index (χ2v) is 5.39. The van der Waals surface area contributed by atoms with E-state index in [-0.39, 0.29) is 0 Å². The normalized spacial score (nSPS) is 10.7. The van der Waals surface area contributed by atoms with E-state index in [0.29, 0.717) is 5.88 Å². The van der Waals surface area contributed by atoms with Crippen LogP contribution in [0.4, 0.5) is 11.4 Å². The molecule has 0 aliphatic carbocycles. The maximum atomic E-state index is 5.47. The van der Waals surface area contributed by atoms with Crippen LogP contribution >= 0.6 is 0 Å². The van der Waals surface area contributed by atoms with E-state index in [9.17, 15) is 0 Å². The van der Waals surface area contributed by atoms with Gasteiger partial charge < -0.3 is 15.0 Å². The molecular weight excluding hydrogens is 300 g/mol. The van der Waals surface area contributed by atoms with Crippen molar-refractivity contribution in [2.45, 2.75) is 0 Å². The average Bonchev–Trinajstić information content (AvgIpc) is 3.11. The topological polar surface area (TPSA) is 62.8 Å². The molecule has 1 aromatic carbocycles. The number of anilines is 2. The minimum Gasteiger partial charge on any atom is -0.481 e. The molecule has 5 heteroatoms. The summed E-state index contributed by atoms with van der Waals surface area (Å²) in [5, 5.41) is 4.48. The number of H-pyrrole nitrogens is 1. The molecule has 24 heavy (non-hydrogen) atoms. The van der Waals surface area contributed by atoms with Gasteiger partial charge in [0.05, 0.1) is 19.0 Å². The number of methoxy groups -OCH3 is 1. The number of nitrogens with zero attached hydrogens (tertiary/aromatic N) is 2. The fourth-order valence-electron chi connectivity index (χ4n) is 2.80. The molecule has 0 atom stereocenters. The second-order valence-electron chi connectivity index (χ2n) is 5.39. The summed E-state index contributed by atoms with van der Waals surface area (Å²) in [7, 11) is 1.64. The number of aromatic nitrogens is 3. The van der Waals surface area contributed by atoms with Crippen LogP contribution in [0.25, 0.3) is 22.0 Å². The molecule has 0 saturated carbocycles. The lowest BCUT2D eigenvalue weighted by Gasteiger charge is -2.12. The molecule has 0 spiro atoms. The largest absolute Gasteiger partial charge is 0.481 e. The molecule has 3 aromatic heterocycles. The lowest BCUT2D eigenvalue weighted by molar-refractivity contribution is 0.400. The van der Waals surface area contributed by atoms with E-state index in [2.05, 4.69) is 38.5 Å². The van der Waals surface area contributed by atoms with Crippen molar-refractivity contribution in [2.75, 3.05) is 12.4 Å². The number of hydrogen-bond donors (Lipinski definition) is 2. The van der Waals surface area contributed by atoms with Gasteiger partial charge in [0, 0.05) is 40.7 Å². The van der Waals surface area contributed by atoms with Gasteiger partial charge in [-0.3, -0.25) is 4.98 Å². The van der Waals surface area contributed by atoms with Crippen LogP contribution in [0, 0.1) is 0 Å². The summed E-state index contributed by atoms with van der Waals surface area (Å²) in [5.41, 5.74) is 4.97. The summed E-state index contributed by atoms with van der Waals surface area (Å²) in [4.78, 5) is 11.7. The number of aromatic amines is 1. The minimum atomic E-state index is 0.601. The van der Waals surface area contributed by atoms with Gasteiger partial charge >= 0.3 is 0 Å². The van der Waals surface area contributed by atoms with Crippen molar-refractivity contribution < 1.29 is 4.74 Å². The first-order valence-electron chi connectivity index (χ1n) is 7.63. The lowest BCUT2D eigenvalue weighted by Crippen LogP contribution is -1.96. The van der Waals surface area contributed by atoms with Crippen molar-refractivity contribution in [1.29, 1.82) is 0 Å². The van der Waals surface area contributed by atoms with Crippen LogP contribution in [-0.4, -0.2) is 22.1 Å². The van der Waals surface area contributed by atoms with Crippen LogP contribution in [0.1, 0.15) is 0 Å². The number of ether oxygens (including phenoxy) is 1. The van der Waals surface area contributed by atoms with Gasteiger partial charge in [-0.15, -0.1) is 0 Å². The van der Waals surface area contributed by atoms with Crippen LogP contribution in [-0.2, 0) is 0 Å². The Hall–Kier alpha value is -3.34. The maximum absolute atomic E-state index is 5.47. The van der Waals surface area contributed by atoms with Gasteiger partial charge in [0.1, 0.15) is 0 Å². The summed E-state index contributed by atoms with van der Waals surface area (Å²) in [6.45, 7) is 0. The van der Waals surface area contributed by atoms with Crippen LogP contribution in [0.5, 0.6) is 5.88 Å². The average molecular weight is 316 g/mol. The highest BCUT2D eigenvalue weighted by Gasteiger charge is 2.12. The Kier molecular flexibility index (Phi) is 3.59. The van der Waals surface area contributed by atoms with Crippen LogP contribution in [0.2, 0.25) is 0 Å². The smallest absolute Gasteiger partial charge is 0.221 e. The number of pyridine rings is 2. The predicted molar refractivity (Wildman–Crippen MR) is 95.6 cm³/mol. The number of benzene rings is 1. The Bertz CT molecular complexity index is 979. The van der Waals surface area contributed by atoms with E-state index in [0.717, 1.165) is 33.4 Å². The van der Waals surface area contributed by atoms with Gasteiger partial charge in [-0.2, -0.15) is 0 Å². The highest BCUT2D eigenvalue weighted by atomic mass is 16.5. The first-order valence-corrected chi connectivity index (χ1v) is 7.63. The summed E-state index contributed by atoms with van der Waals surface area (Å²) in [6, 6.07) is 14.1. The molecule has 0 aliphatic heterocycles. The van der Waals surface area contributed by atoms with Crippen molar-refractivity contribution in [3.63, 3.8) is 0 Å². The molecule has 0 fully saturated rings. The van der Waals surface area contributed by atoms with E-state index in [4.69, 9.17) is 4.74 Å². The Morgan fingerprint density at radius 1 is 1.00 bits per heavy atom. The predicted octanol–water partition coefficient (Wildman–Crippen LogP) is 4.38. The third kappa shape index (κ3) is 2.56. The highest BCUT2D eigenvalue weighted by Crippen LogP contribution is 2.35. The van der Waals surface area contributed by atoms with Crippen molar-refractivity contribution in [3.8, 4) is 17.0 Å². The molecule has 5 nitrogen and oxygen atoms in total. The zero-order valence-corrected chi connectivity index (χ0v) is 13.2. The highest BCUT2D eigenvalue weighted by molar-refractivity contribution is 5.96. The summed E-state index contributed by atoms with van der Waals surface area (Å²) in [5.74, 6) is 0.601. The van der Waals surface area contributed by atoms with E-state index < -0.39 is 0 Å². The van der Waals surface area contributed by atoms with Gasteiger partial charge in [-0.1, -0.05) is 12.1 Å². The zero-order valence-electron chi connectivity index (χ0n) is 13.2. The van der Waals surface area contributed by atoms with Crippen molar-refractivity contribution in [3.05, 3.63) is 67.3 Å². The molecule has 0 saturated heterocycles. The molecule has 0 radical (unpaired) electrons. The molecule has 3 heterocycles. The Morgan fingerprint density at radius 3 is 2.71 bits per heavy atom. The van der Waals surface area contributed by atoms with Crippen molar-refractivity contribution in [1.82, 2.24) is 15.0 Å². The molecule has 4 rings (SSSR count). The van der Waals surface area contributed by atoms with E-state index in [1.165, 1.54) is 0 Å². The molecule has 0 aliphatic rings. The quantitative estimate of drug-likeness (QED) is 0.586. The molecular formula is C19H16N4O. The van der Waals surface area contributed by atoms with E-state index in [1.54, 1.807) is 25.7 Å². The standard InChI is InChI=1S/C19H16N4O/c1-24-19-17(15-3-2-4-18-16(15)7-10-21-18)11-14(12-22-19)23-13-5-8-20-9-6-13/h2-12,21H,1H3,(H,20,23). The molecule has 4 aromatic rings. The molecule has 2 N–H and O–H groups in total. The lowest BCUT2D eigenvalue weighted by atomic mass is 10.0. The maximum Gasteiger partial charge on any atom is 0.221 e. The van der Waals surface area contributed by atoms with Crippen LogP contribution < -0.4 is 10.1 Å². The monoisotopic (exact) mass is 316 g/mol. The number of nitrogens with one attached hydrogen (secondary N) is 2. The first kappa shape index (κ1) is 14.3.